The maximum atomic E-state index is 12.5. The minimum Gasteiger partial charge on any atom is -0.378 e. The van der Waals surface area contributed by atoms with Gasteiger partial charge in [0, 0.05) is 42.1 Å². The largest absolute Gasteiger partial charge is 0.378 e. The summed E-state index contributed by atoms with van der Waals surface area (Å²) in [6.45, 7) is 2.64. The molecule has 1 amide bonds. The lowest BCUT2D eigenvalue weighted by molar-refractivity contribution is -0.135. The smallest absolute Gasteiger partial charge is 0.225 e. The van der Waals surface area contributed by atoms with Crippen LogP contribution in [0.1, 0.15) is 25.1 Å². The molecule has 0 saturated carbocycles. The molecule has 8 heteroatoms. The fourth-order valence-electron chi connectivity index (χ4n) is 3.25. The molecule has 0 radical (unpaired) electrons. The van der Waals surface area contributed by atoms with E-state index in [0.717, 1.165) is 41.1 Å². The van der Waals surface area contributed by atoms with Crippen LogP contribution < -0.4 is 0 Å². The zero-order chi connectivity index (χ0) is 16.5. The van der Waals surface area contributed by atoms with Crippen molar-refractivity contribution in [2.45, 2.75) is 38.5 Å². The van der Waals surface area contributed by atoms with Gasteiger partial charge in [-0.05, 0) is 34.8 Å². The Labute approximate surface area is 148 Å². The van der Waals surface area contributed by atoms with E-state index >= 15 is 0 Å². The van der Waals surface area contributed by atoms with Gasteiger partial charge in [0.05, 0.1) is 19.1 Å². The predicted molar refractivity (Wildman–Crippen MR) is 90.0 cm³/mol. The summed E-state index contributed by atoms with van der Waals surface area (Å²) in [7, 11) is 0. The molecule has 2 aliphatic heterocycles. The van der Waals surface area contributed by atoms with Crippen LogP contribution in [0.5, 0.6) is 0 Å². The molecule has 0 aliphatic carbocycles. The summed E-state index contributed by atoms with van der Waals surface area (Å²) < 4.78 is 8.54. The highest BCUT2D eigenvalue weighted by Crippen LogP contribution is 2.24. The summed E-state index contributed by atoms with van der Waals surface area (Å²) in [6.07, 6.45) is 6.10. The Balaban J connectivity index is 1.49. The van der Waals surface area contributed by atoms with Crippen LogP contribution in [0.25, 0.3) is 11.4 Å². The van der Waals surface area contributed by atoms with Crippen molar-refractivity contribution in [3.05, 3.63) is 28.8 Å². The number of hydrogen-bond acceptors (Lipinski definition) is 5. The molecule has 0 N–H and O–H groups in total. The van der Waals surface area contributed by atoms with Gasteiger partial charge >= 0.3 is 0 Å². The summed E-state index contributed by atoms with van der Waals surface area (Å²) in [6, 6.07) is 1.97. The van der Waals surface area contributed by atoms with Crippen molar-refractivity contribution < 1.29 is 9.53 Å². The highest BCUT2D eigenvalue weighted by Gasteiger charge is 2.27. The molecule has 4 heterocycles. The molecule has 0 aromatic carbocycles. The lowest BCUT2D eigenvalue weighted by Gasteiger charge is -2.28. The lowest BCUT2D eigenvalue weighted by Crippen LogP contribution is -2.39. The van der Waals surface area contributed by atoms with Crippen molar-refractivity contribution in [2.24, 2.45) is 0 Å². The quantitative estimate of drug-likeness (QED) is 0.799. The Morgan fingerprint density at radius 3 is 3.04 bits per heavy atom. The average Bonchev–Trinajstić information content (AvgIpc) is 3.23. The van der Waals surface area contributed by atoms with E-state index < -0.39 is 0 Å². The summed E-state index contributed by atoms with van der Waals surface area (Å²) in [5.74, 6) is 1.75. The predicted octanol–water partition coefficient (Wildman–Crippen LogP) is 2.01. The van der Waals surface area contributed by atoms with Crippen molar-refractivity contribution in [3.8, 4) is 11.4 Å². The third-order valence-electron chi connectivity index (χ3n) is 4.50. The molecule has 126 valence electrons. The Hall–Kier alpha value is -1.80. The van der Waals surface area contributed by atoms with Crippen molar-refractivity contribution in [1.29, 1.82) is 0 Å². The van der Waals surface area contributed by atoms with E-state index in [1.54, 1.807) is 12.4 Å². The topological polar surface area (TPSA) is 73.1 Å². The van der Waals surface area contributed by atoms with Gasteiger partial charge < -0.3 is 14.2 Å². The first-order valence-corrected chi connectivity index (χ1v) is 8.92. The maximum absolute atomic E-state index is 12.5. The Morgan fingerprint density at radius 1 is 1.33 bits per heavy atom. The molecule has 2 aromatic heterocycles. The summed E-state index contributed by atoms with van der Waals surface area (Å²) in [4.78, 5) is 18.5. The number of hydrogen-bond donors (Lipinski definition) is 0. The van der Waals surface area contributed by atoms with Crippen LogP contribution in [0.2, 0.25) is 0 Å². The molecule has 1 saturated heterocycles. The first-order chi connectivity index (χ1) is 11.7. The monoisotopic (exact) mass is 391 g/mol. The van der Waals surface area contributed by atoms with Crippen molar-refractivity contribution in [2.75, 3.05) is 13.2 Å². The average molecular weight is 392 g/mol. The number of amides is 1. The molecule has 4 rings (SSSR count). The van der Waals surface area contributed by atoms with Crippen LogP contribution in [-0.4, -0.2) is 49.8 Å². The van der Waals surface area contributed by atoms with Crippen LogP contribution in [0.3, 0.4) is 0 Å². The number of rotatable bonds is 3. The number of carbonyl (C=O) groups is 1. The molecular formula is C16H18BrN5O2. The molecule has 7 nitrogen and oxygen atoms in total. The first kappa shape index (κ1) is 15.7. The Morgan fingerprint density at radius 2 is 2.25 bits per heavy atom. The van der Waals surface area contributed by atoms with Crippen LogP contribution >= 0.6 is 15.9 Å². The second-order valence-electron chi connectivity index (χ2n) is 6.14. The lowest BCUT2D eigenvalue weighted by atomic mass is 10.1. The molecule has 1 atom stereocenters. The Kier molecular flexibility index (Phi) is 4.32. The highest BCUT2D eigenvalue weighted by molar-refractivity contribution is 9.10. The van der Waals surface area contributed by atoms with E-state index in [-0.39, 0.29) is 12.0 Å². The summed E-state index contributed by atoms with van der Waals surface area (Å²) in [5.41, 5.74) is 0.919. The van der Waals surface area contributed by atoms with Gasteiger partial charge in [-0.15, -0.1) is 10.2 Å². The van der Waals surface area contributed by atoms with Gasteiger partial charge in [0.1, 0.15) is 0 Å². The van der Waals surface area contributed by atoms with E-state index in [0.29, 0.717) is 26.1 Å². The van der Waals surface area contributed by atoms with Gasteiger partial charge in [-0.3, -0.25) is 9.78 Å². The van der Waals surface area contributed by atoms with Gasteiger partial charge in [-0.1, -0.05) is 0 Å². The molecule has 0 bridgehead atoms. The van der Waals surface area contributed by atoms with Crippen molar-refractivity contribution in [1.82, 2.24) is 24.6 Å². The number of ether oxygens (including phenoxy) is 1. The molecule has 1 unspecified atom stereocenters. The second kappa shape index (κ2) is 6.60. The van der Waals surface area contributed by atoms with E-state index in [9.17, 15) is 4.79 Å². The molecular weight excluding hydrogens is 374 g/mol. The normalized spacial score (nSPS) is 20.2. The third kappa shape index (κ3) is 3.08. The van der Waals surface area contributed by atoms with Crippen LogP contribution in [0, 0.1) is 0 Å². The van der Waals surface area contributed by atoms with Crippen LogP contribution in [0.15, 0.2) is 22.9 Å². The van der Waals surface area contributed by atoms with Gasteiger partial charge in [0.2, 0.25) is 5.91 Å². The molecule has 2 aromatic rings. The molecule has 0 spiro atoms. The van der Waals surface area contributed by atoms with Gasteiger partial charge in [0.25, 0.3) is 0 Å². The van der Waals surface area contributed by atoms with Gasteiger partial charge in [-0.25, -0.2) is 0 Å². The first-order valence-electron chi connectivity index (χ1n) is 8.13. The zero-order valence-electron chi connectivity index (χ0n) is 13.2. The van der Waals surface area contributed by atoms with Crippen LogP contribution in [0.4, 0.5) is 0 Å². The van der Waals surface area contributed by atoms with Crippen molar-refractivity contribution in [3.63, 3.8) is 0 Å². The van der Waals surface area contributed by atoms with E-state index in [4.69, 9.17) is 4.74 Å². The van der Waals surface area contributed by atoms with E-state index in [1.165, 1.54) is 0 Å². The summed E-state index contributed by atoms with van der Waals surface area (Å²) >= 11 is 3.43. The molecule has 1 fully saturated rings. The minimum atomic E-state index is 0.0839. The summed E-state index contributed by atoms with van der Waals surface area (Å²) in [5, 5.41) is 8.57. The maximum Gasteiger partial charge on any atom is 0.225 e. The number of halogens is 1. The Bertz CT molecular complexity index is 757. The van der Waals surface area contributed by atoms with E-state index in [2.05, 4.69) is 35.7 Å². The number of pyridine rings is 1. The van der Waals surface area contributed by atoms with Gasteiger partial charge in [0.15, 0.2) is 11.6 Å². The fourth-order valence-corrected chi connectivity index (χ4v) is 3.61. The van der Waals surface area contributed by atoms with E-state index in [1.807, 2.05) is 11.0 Å². The van der Waals surface area contributed by atoms with Crippen LogP contribution in [-0.2, 0) is 22.6 Å². The standard InChI is InChI=1S/C16H18BrN5O2/c17-12-6-11(8-18-9-12)16-20-19-14-10-21(3-4-22(14)16)15(23)7-13-2-1-5-24-13/h6,8-9,13H,1-5,7,10H2. The number of carbonyl (C=O) groups excluding carboxylic acids is 1. The second-order valence-corrected chi connectivity index (χ2v) is 7.05. The molecule has 2 aliphatic rings. The number of nitrogens with zero attached hydrogens (tertiary/aromatic N) is 5. The van der Waals surface area contributed by atoms with Gasteiger partial charge in [-0.2, -0.15) is 0 Å². The number of aromatic nitrogens is 4. The fraction of sp³-hybridized carbons (Fsp3) is 0.500. The minimum absolute atomic E-state index is 0.0839. The zero-order valence-corrected chi connectivity index (χ0v) is 14.8. The third-order valence-corrected chi connectivity index (χ3v) is 4.93. The molecule has 24 heavy (non-hydrogen) atoms. The SMILES string of the molecule is O=C(CC1CCCO1)N1CCn2c(nnc2-c2cncc(Br)c2)C1. The van der Waals surface area contributed by atoms with Crippen molar-refractivity contribution >= 4 is 21.8 Å². The number of fused-ring (bicyclic) bond motifs is 1. The highest BCUT2D eigenvalue weighted by atomic mass is 79.9.